The Balaban J connectivity index is 2.07. The summed E-state index contributed by atoms with van der Waals surface area (Å²) in [7, 11) is 0. The summed E-state index contributed by atoms with van der Waals surface area (Å²) in [5.41, 5.74) is -0.264. The largest absolute Gasteiger partial charge is 0.481 e. The van der Waals surface area contributed by atoms with Crippen molar-refractivity contribution in [1.82, 2.24) is 0 Å². The fourth-order valence-electron chi connectivity index (χ4n) is 3.32. The lowest BCUT2D eigenvalue weighted by Crippen LogP contribution is -2.35. The number of nitrogens with zero attached hydrogens (tertiary/aromatic N) is 1. The maximum absolute atomic E-state index is 12.6. The van der Waals surface area contributed by atoms with Gasteiger partial charge in [0.15, 0.2) is 0 Å². The standard InChI is InChI=1S/C20H26N2O3S/c1-15(13-21)14-26-17-9-5-4-8-16(17)22-18(23)12-20(19(24)25)10-6-2-3-7-11-20/h4-5,8-9,15H,2-3,6-7,10-12,14H2,1H3,(H,22,23)(H,24,25). The predicted octanol–water partition coefficient (Wildman–Crippen LogP) is 4.69. The third-order valence-electron chi connectivity index (χ3n) is 4.88. The normalized spacial score (nSPS) is 17.5. The molecule has 0 heterocycles. The van der Waals surface area contributed by atoms with Crippen molar-refractivity contribution in [2.24, 2.45) is 11.3 Å². The van der Waals surface area contributed by atoms with Crippen LogP contribution in [0.25, 0.3) is 0 Å². The number of para-hydroxylation sites is 1. The molecular formula is C20H26N2O3S. The molecule has 6 heteroatoms. The van der Waals surface area contributed by atoms with Crippen LogP contribution in [-0.4, -0.2) is 22.7 Å². The van der Waals surface area contributed by atoms with Gasteiger partial charge in [0, 0.05) is 17.1 Å². The molecule has 1 fully saturated rings. The third-order valence-corrected chi connectivity index (χ3v) is 6.22. The number of rotatable bonds is 7. The van der Waals surface area contributed by atoms with Gasteiger partial charge in [0.25, 0.3) is 0 Å². The lowest BCUT2D eigenvalue weighted by molar-refractivity contribution is -0.152. The van der Waals surface area contributed by atoms with Crippen LogP contribution in [0.2, 0.25) is 0 Å². The number of amides is 1. The maximum atomic E-state index is 12.6. The molecule has 1 aromatic carbocycles. The van der Waals surface area contributed by atoms with E-state index in [0.717, 1.165) is 30.6 Å². The van der Waals surface area contributed by atoms with Crippen molar-refractivity contribution in [3.63, 3.8) is 0 Å². The summed E-state index contributed by atoms with van der Waals surface area (Å²) >= 11 is 1.52. The maximum Gasteiger partial charge on any atom is 0.310 e. The SMILES string of the molecule is CC(C#N)CSc1ccccc1NC(=O)CC1(C(=O)O)CCCCCC1. The van der Waals surface area contributed by atoms with Crippen LogP contribution in [0.1, 0.15) is 51.9 Å². The van der Waals surface area contributed by atoms with Gasteiger partial charge in [0.2, 0.25) is 5.91 Å². The van der Waals surface area contributed by atoms with Crippen molar-refractivity contribution < 1.29 is 14.7 Å². The molecule has 0 aromatic heterocycles. The molecule has 0 radical (unpaired) electrons. The van der Waals surface area contributed by atoms with Crippen LogP contribution in [0.15, 0.2) is 29.2 Å². The molecule has 1 aromatic rings. The van der Waals surface area contributed by atoms with E-state index in [4.69, 9.17) is 5.26 Å². The zero-order valence-corrected chi connectivity index (χ0v) is 16.0. The fraction of sp³-hybridized carbons (Fsp3) is 0.550. The summed E-state index contributed by atoms with van der Waals surface area (Å²) in [4.78, 5) is 25.4. The molecule has 1 atom stereocenters. The molecule has 2 rings (SSSR count). The molecule has 1 unspecified atom stereocenters. The highest BCUT2D eigenvalue weighted by Crippen LogP contribution is 2.39. The second kappa shape index (κ2) is 9.63. The van der Waals surface area contributed by atoms with Crippen molar-refractivity contribution in [1.29, 1.82) is 5.26 Å². The van der Waals surface area contributed by atoms with E-state index >= 15 is 0 Å². The van der Waals surface area contributed by atoms with E-state index in [9.17, 15) is 14.7 Å². The number of nitrogens with one attached hydrogen (secondary N) is 1. The van der Waals surface area contributed by atoms with E-state index in [1.165, 1.54) is 11.8 Å². The van der Waals surface area contributed by atoms with E-state index in [1.54, 1.807) is 0 Å². The highest BCUT2D eigenvalue weighted by Gasteiger charge is 2.40. The molecule has 5 nitrogen and oxygen atoms in total. The molecule has 140 valence electrons. The minimum Gasteiger partial charge on any atom is -0.481 e. The number of hydrogen-bond acceptors (Lipinski definition) is 4. The average Bonchev–Trinajstić information content (AvgIpc) is 2.87. The third kappa shape index (κ3) is 5.50. The highest BCUT2D eigenvalue weighted by molar-refractivity contribution is 7.99. The quantitative estimate of drug-likeness (QED) is 0.533. The summed E-state index contributed by atoms with van der Waals surface area (Å²) in [6.07, 6.45) is 4.92. The number of carbonyl (C=O) groups is 2. The Labute approximate surface area is 159 Å². The topological polar surface area (TPSA) is 90.2 Å². The number of anilines is 1. The second-order valence-corrected chi connectivity index (χ2v) is 8.12. The summed E-state index contributed by atoms with van der Waals surface area (Å²) in [5, 5.41) is 21.6. The van der Waals surface area contributed by atoms with Gasteiger partial charge in [-0.15, -0.1) is 11.8 Å². The first kappa shape index (κ1) is 20.3. The van der Waals surface area contributed by atoms with Crippen molar-refractivity contribution in [3.8, 4) is 6.07 Å². The van der Waals surface area contributed by atoms with Crippen molar-refractivity contribution in [2.75, 3.05) is 11.1 Å². The molecule has 0 spiro atoms. The molecule has 1 saturated carbocycles. The van der Waals surface area contributed by atoms with Crippen molar-refractivity contribution in [2.45, 2.75) is 56.8 Å². The molecule has 1 aliphatic rings. The Morgan fingerprint density at radius 1 is 1.27 bits per heavy atom. The lowest BCUT2D eigenvalue weighted by atomic mass is 9.77. The second-order valence-electron chi connectivity index (χ2n) is 7.06. The van der Waals surface area contributed by atoms with Crippen LogP contribution in [-0.2, 0) is 9.59 Å². The molecule has 1 amide bonds. The summed E-state index contributed by atoms with van der Waals surface area (Å²) in [6, 6.07) is 9.65. The number of thioether (sulfide) groups is 1. The van der Waals surface area contributed by atoms with E-state index in [1.807, 2.05) is 31.2 Å². The molecule has 2 N–H and O–H groups in total. The number of aliphatic carboxylic acids is 1. The number of carboxylic acids is 1. The monoisotopic (exact) mass is 374 g/mol. The number of carbonyl (C=O) groups excluding carboxylic acids is 1. The summed E-state index contributed by atoms with van der Waals surface area (Å²) < 4.78 is 0. The van der Waals surface area contributed by atoms with Gasteiger partial charge in [-0.05, 0) is 31.9 Å². The number of hydrogen-bond donors (Lipinski definition) is 2. The zero-order chi connectivity index (χ0) is 19.0. The Morgan fingerprint density at radius 3 is 2.54 bits per heavy atom. The zero-order valence-electron chi connectivity index (χ0n) is 15.2. The first-order valence-corrected chi connectivity index (χ1v) is 10.1. The van der Waals surface area contributed by atoms with Crippen molar-refractivity contribution >= 4 is 29.3 Å². The Bertz CT molecular complexity index is 676. The summed E-state index contributed by atoms with van der Waals surface area (Å²) in [6.45, 7) is 1.86. The van der Waals surface area contributed by atoms with E-state index in [-0.39, 0.29) is 18.2 Å². The van der Waals surface area contributed by atoms with Crippen LogP contribution in [0.3, 0.4) is 0 Å². The van der Waals surface area contributed by atoms with Gasteiger partial charge < -0.3 is 10.4 Å². The van der Waals surface area contributed by atoms with Crippen LogP contribution >= 0.6 is 11.8 Å². The molecule has 1 aliphatic carbocycles. The van der Waals surface area contributed by atoms with Gasteiger partial charge in [-0.2, -0.15) is 5.26 Å². The van der Waals surface area contributed by atoms with E-state index in [2.05, 4.69) is 11.4 Å². The molecule has 0 saturated heterocycles. The van der Waals surface area contributed by atoms with Crippen molar-refractivity contribution in [3.05, 3.63) is 24.3 Å². The fourth-order valence-corrected chi connectivity index (χ4v) is 4.27. The van der Waals surface area contributed by atoms with Gasteiger partial charge in [-0.25, -0.2) is 0 Å². The van der Waals surface area contributed by atoms with Gasteiger partial charge in [-0.1, -0.05) is 37.8 Å². The van der Waals surface area contributed by atoms with Gasteiger partial charge >= 0.3 is 5.97 Å². The average molecular weight is 375 g/mol. The number of carboxylic acid groups (broad SMARTS) is 1. The van der Waals surface area contributed by atoms with Gasteiger partial charge in [0.1, 0.15) is 0 Å². The minimum atomic E-state index is -0.946. The van der Waals surface area contributed by atoms with Crippen LogP contribution < -0.4 is 5.32 Å². The lowest BCUT2D eigenvalue weighted by Gasteiger charge is -2.27. The van der Waals surface area contributed by atoms with Crippen LogP contribution in [0, 0.1) is 22.7 Å². The Kier molecular flexibility index (Phi) is 7.52. The first-order valence-electron chi connectivity index (χ1n) is 9.11. The summed E-state index contributed by atoms with van der Waals surface area (Å²) in [5.74, 6) is -0.552. The van der Waals surface area contributed by atoms with Crippen LogP contribution in [0.5, 0.6) is 0 Å². The molecule has 26 heavy (non-hydrogen) atoms. The Hall–Kier alpha value is -2.00. The van der Waals surface area contributed by atoms with Gasteiger partial charge in [-0.3, -0.25) is 9.59 Å². The molecule has 0 aliphatic heterocycles. The molecular weight excluding hydrogens is 348 g/mol. The predicted molar refractivity (Wildman–Crippen MR) is 103 cm³/mol. The Morgan fingerprint density at radius 2 is 1.92 bits per heavy atom. The van der Waals surface area contributed by atoms with E-state index < -0.39 is 11.4 Å². The molecule has 0 bridgehead atoms. The smallest absolute Gasteiger partial charge is 0.310 e. The minimum absolute atomic E-state index is 0.00985. The van der Waals surface area contributed by atoms with E-state index in [0.29, 0.717) is 24.3 Å². The highest BCUT2D eigenvalue weighted by atomic mass is 32.2. The first-order chi connectivity index (χ1) is 12.5. The number of benzene rings is 1. The van der Waals surface area contributed by atoms with Gasteiger partial charge in [0.05, 0.1) is 23.1 Å². The van der Waals surface area contributed by atoms with Crippen LogP contribution in [0.4, 0.5) is 5.69 Å². The number of nitriles is 1.